The van der Waals surface area contributed by atoms with E-state index in [1.807, 2.05) is 6.07 Å². The molecule has 1 atom stereocenters. The van der Waals surface area contributed by atoms with E-state index in [-0.39, 0.29) is 11.6 Å². The van der Waals surface area contributed by atoms with E-state index in [0.29, 0.717) is 5.56 Å². The second kappa shape index (κ2) is 6.47. The molecule has 21 heavy (non-hydrogen) atoms. The van der Waals surface area contributed by atoms with Crippen molar-refractivity contribution in [2.45, 2.75) is 6.04 Å². The molecule has 0 aliphatic rings. The zero-order chi connectivity index (χ0) is 15.2. The minimum atomic E-state index is -0.463. The Morgan fingerprint density at radius 3 is 2.29 bits per heavy atom. The lowest BCUT2D eigenvalue weighted by Crippen LogP contribution is -2.27. The summed E-state index contributed by atoms with van der Waals surface area (Å²) in [5.74, 6) is -0.223. The molecular weight excluding hydrogens is 268 g/mol. The molecule has 2 aromatic carbocycles. The number of carbonyl (C=O) groups excluding carboxylic acids is 1. The zero-order valence-corrected chi connectivity index (χ0v) is 11.2. The van der Waals surface area contributed by atoms with Crippen LogP contribution in [0.2, 0.25) is 0 Å². The van der Waals surface area contributed by atoms with Crippen molar-refractivity contribution >= 4 is 11.6 Å². The molecule has 0 unspecified atom stereocenters. The van der Waals surface area contributed by atoms with Crippen molar-refractivity contribution in [1.82, 2.24) is 5.32 Å². The van der Waals surface area contributed by atoms with Crippen LogP contribution in [0.1, 0.15) is 22.0 Å². The van der Waals surface area contributed by atoms with E-state index in [1.165, 1.54) is 12.1 Å². The van der Waals surface area contributed by atoms with Crippen molar-refractivity contribution in [3.63, 3.8) is 0 Å². The highest BCUT2D eigenvalue weighted by atomic mass is 16.6. The maximum Gasteiger partial charge on any atom is 0.269 e. The highest BCUT2D eigenvalue weighted by molar-refractivity contribution is 5.94. The van der Waals surface area contributed by atoms with Crippen molar-refractivity contribution in [3.8, 4) is 0 Å². The number of hydrogen-bond donors (Lipinski definition) is 1. The maximum absolute atomic E-state index is 12.1. The number of rotatable bonds is 5. The normalized spacial score (nSPS) is 11.4. The van der Waals surface area contributed by atoms with E-state index < -0.39 is 11.0 Å². The Bertz CT molecular complexity index is 651. The number of carbonyl (C=O) groups is 1. The number of nitrogens with one attached hydrogen (secondary N) is 1. The van der Waals surface area contributed by atoms with Gasteiger partial charge in [0.25, 0.3) is 11.6 Å². The first-order valence-electron chi connectivity index (χ1n) is 6.34. The topological polar surface area (TPSA) is 72.2 Å². The second-order valence-electron chi connectivity index (χ2n) is 4.40. The third-order valence-electron chi connectivity index (χ3n) is 3.02. The highest BCUT2D eigenvalue weighted by Gasteiger charge is 2.14. The summed E-state index contributed by atoms with van der Waals surface area (Å²) in [5, 5.41) is 13.5. The van der Waals surface area contributed by atoms with Gasteiger partial charge in [-0.05, 0) is 29.8 Å². The Morgan fingerprint density at radius 1 is 1.14 bits per heavy atom. The molecule has 2 rings (SSSR count). The van der Waals surface area contributed by atoms with Gasteiger partial charge in [0.1, 0.15) is 0 Å². The molecule has 0 spiro atoms. The van der Waals surface area contributed by atoms with Crippen molar-refractivity contribution in [1.29, 1.82) is 0 Å². The lowest BCUT2D eigenvalue weighted by atomic mass is 10.1. The zero-order valence-electron chi connectivity index (χ0n) is 11.2. The van der Waals surface area contributed by atoms with Gasteiger partial charge in [-0.15, -0.1) is 6.58 Å². The van der Waals surface area contributed by atoms with E-state index in [2.05, 4.69) is 11.9 Å². The number of nitro benzene ring substituents is 1. The fraction of sp³-hybridized carbons (Fsp3) is 0.0625. The Kier molecular flexibility index (Phi) is 4.46. The Morgan fingerprint density at radius 2 is 1.76 bits per heavy atom. The average molecular weight is 282 g/mol. The number of nitro groups is 1. The van der Waals surface area contributed by atoms with E-state index in [9.17, 15) is 14.9 Å². The van der Waals surface area contributed by atoms with E-state index >= 15 is 0 Å². The molecule has 0 aliphatic heterocycles. The van der Waals surface area contributed by atoms with E-state index in [4.69, 9.17) is 0 Å². The molecule has 0 aromatic heterocycles. The van der Waals surface area contributed by atoms with Crippen molar-refractivity contribution in [3.05, 3.63) is 88.5 Å². The fourth-order valence-corrected chi connectivity index (χ4v) is 1.90. The third kappa shape index (κ3) is 3.54. The van der Waals surface area contributed by atoms with Crippen LogP contribution in [0.5, 0.6) is 0 Å². The van der Waals surface area contributed by atoms with Gasteiger partial charge in [-0.25, -0.2) is 0 Å². The van der Waals surface area contributed by atoms with Crippen LogP contribution in [0.4, 0.5) is 5.69 Å². The van der Waals surface area contributed by atoms with Crippen LogP contribution in [0, 0.1) is 10.1 Å². The molecule has 1 amide bonds. The molecule has 0 aliphatic carbocycles. The quantitative estimate of drug-likeness (QED) is 0.519. The van der Waals surface area contributed by atoms with Gasteiger partial charge < -0.3 is 5.32 Å². The summed E-state index contributed by atoms with van der Waals surface area (Å²) in [4.78, 5) is 22.3. The predicted molar refractivity (Wildman–Crippen MR) is 79.9 cm³/mol. The van der Waals surface area contributed by atoms with Crippen molar-refractivity contribution < 1.29 is 9.72 Å². The van der Waals surface area contributed by atoms with Crippen molar-refractivity contribution in [2.75, 3.05) is 0 Å². The molecule has 106 valence electrons. The van der Waals surface area contributed by atoms with Gasteiger partial charge >= 0.3 is 0 Å². The molecule has 2 aromatic rings. The van der Waals surface area contributed by atoms with Gasteiger partial charge in [0.2, 0.25) is 0 Å². The molecule has 0 saturated heterocycles. The van der Waals surface area contributed by atoms with Crippen LogP contribution in [0.3, 0.4) is 0 Å². The number of benzene rings is 2. The predicted octanol–water partition coefficient (Wildman–Crippen LogP) is 3.25. The minimum Gasteiger partial charge on any atom is -0.342 e. The lowest BCUT2D eigenvalue weighted by molar-refractivity contribution is -0.384. The molecule has 0 fully saturated rings. The van der Waals surface area contributed by atoms with Crippen LogP contribution in [0.25, 0.3) is 0 Å². The number of nitrogens with zero attached hydrogens (tertiary/aromatic N) is 1. The molecule has 1 N–H and O–H groups in total. The van der Waals surface area contributed by atoms with Gasteiger partial charge in [0, 0.05) is 17.7 Å². The second-order valence-corrected chi connectivity index (χ2v) is 4.40. The van der Waals surface area contributed by atoms with Gasteiger partial charge in [0.05, 0.1) is 11.0 Å². The van der Waals surface area contributed by atoms with Gasteiger partial charge in [-0.3, -0.25) is 14.9 Å². The largest absolute Gasteiger partial charge is 0.342 e. The summed E-state index contributed by atoms with van der Waals surface area (Å²) in [7, 11) is 0. The number of non-ortho nitro benzene ring substituents is 1. The molecule has 0 bridgehead atoms. The molecule has 5 nitrogen and oxygen atoms in total. The van der Waals surface area contributed by atoms with Crippen LogP contribution in [-0.4, -0.2) is 10.8 Å². The van der Waals surface area contributed by atoms with E-state index in [0.717, 1.165) is 5.56 Å². The summed E-state index contributed by atoms with van der Waals surface area (Å²) >= 11 is 0. The van der Waals surface area contributed by atoms with E-state index in [1.54, 1.807) is 42.5 Å². The molecule has 0 saturated carbocycles. The molecule has 5 heteroatoms. The standard InChI is InChI=1S/C16H14N2O3/c1-2-15(12-8-10-14(11-9-12)18(20)21)17-16(19)13-6-4-3-5-7-13/h2-11,15H,1H2,(H,17,19)/t15-/m0/s1. The van der Waals surface area contributed by atoms with Crippen LogP contribution >= 0.6 is 0 Å². The van der Waals surface area contributed by atoms with Gasteiger partial charge in [-0.1, -0.05) is 24.3 Å². The average Bonchev–Trinajstić information content (AvgIpc) is 2.53. The summed E-state index contributed by atoms with van der Waals surface area (Å²) in [5.41, 5.74) is 1.29. The Balaban J connectivity index is 2.14. The highest BCUT2D eigenvalue weighted by Crippen LogP contribution is 2.19. The monoisotopic (exact) mass is 282 g/mol. The minimum absolute atomic E-state index is 0.0101. The van der Waals surface area contributed by atoms with Crippen LogP contribution in [0.15, 0.2) is 67.3 Å². The SMILES string of the molecule is C=C[C@H](NC(=O)c1ccccc1)c1ccc([N+](=O)[O-])cc1. The Labute approximate surface area is 122 Å². The molecule has 0 radical (unpaired) electrons. The fourth-order valence-electron chi connectivity index (χ4n) is 1.90. The smallest absolute Gasteiger partial charge is 0.269 e. The molecular formula is C16H14N2O3. The summed E-state index contributed by atoms with van der Waals surface area (Å²) in [6, 6.07) is 14.4. The maximum atomic E-state index is 12.1. The number of amides is 1. The number of hydrogen-bond acceptors (Lipinski definition) is 3. The summed E-state index contributed by atoms with van der Waals surface area (Å²) < 4.78 is 0. The van der Waals surface area contributed by atoms with Gasteiger partial charge in [0.15, 0.2) is 0 Å². The van der Waals surface area contributed by atoms with Crippen LogP contribution < -0.4 is 5.32 Å². The van der Waals surface area contributed by atoms with Crippen molar-refractivity contribution in [2.24, 2.45) is 0 Å². The first-order valence-corrected chi connectivity index (χ1v) is 6.34. The third-order valence-corrected chi connectivity index (χ3v) is 3.02. The molecule has 0 heterocycles. The summed E-state index contributed by atoms with van der Waals surface area (Å²) in [6.45, 7) is 3.69. The first kappa shape index (κ1) is 14.5. The Hall–Kier alpha value is -2.95. The summed E-state index contributed by atoms with van der Waals surface area (Å²) in [6.07, 6.45) is 1.59. The van der Waals surface area contributed by atoms with Crippen LogP contribution in [-0.2, 0) is 0 Å². The van der Waals surface area contributed by atoms with Gasteiger partial charge in [-0.2, -0.15) is 0 Å². The lowest BCUT2D eigenvalue weighted by Gasteiger charge is -2.15. The first-order chi connectivity index (χ1) is 10.1.